The lowest BCUT2D eigenvalue weighted by Gasteiger charge is -2.31. The van der Waals surface area contributed by atoms with Gasteiger partial charge in [-0.1, -0.05) is 110 Å². The van der Waals surface area contributed by atoms with E-state index in [1.807, 2.05) is 0 Å². The standard InChI is InChI=1S/C48H72N6O11/c1-7-8-9-10-11-12-13-14-15-16-17-18-19-20-40(58)53(5)37(29-55)45(61)50-31(4)44(60)49-28-41(59)54(6)43-33-22-24-39(57)35(27-33)34-25-32(21-23-38(34)56)26-36(48(64)65)51-46(62)42(30(2)3)52-47(43)63/h21-25,27,30-31,36-37,42-43,55-57H,7-20,26,28-29H2,1-6H3,(H,49,60)(H,50,61)(H,51,62)(H,52,63)(H,64,65)/t31-,36+,37-,42+,43+/m1/s1. The van der Waals surface area contributed by atoms with E-state index in [4.69, 9.17) is 0 Å². The van der Waals surface area contributed by atoms with Gasteiger partial charge in [0.15, 0.2) is 0 Å². The summed E-state index contributed by atoms with van der Waals surface area (Å²) < 4.78 is 0. The van der Waals surface area contributed by atoms with E-state index in [0.29, 0.717) is 12.0 Å². The Morgan fingerprint density at radius 1 is 0.738 bits per heavy atom. The van der Waals surface area contributed by atoms with Crippen LogP contribution in [0.15, 0.2) is 36.4 Å². The van der Waals surface area contributed by atoms with Crippen LogP contribution >= 0.6 is 0 Å². The number of phenols is 2. The summed E-state index contributed by atoms with van der Waals surface area (Å²) in [4.78, 5) is 95.2. The number of hydrogen-bond donors (Lipinski definition) is 8. The van der Waals surface area contributed by atoms with Crippen molar-refractivity contribution in [2.45, 2.75) is 154 Å². The lowest BCUT2D eigenvalue weighted by atomic mass is 9.93. The zero-order valence-electron chi connectivity index (χ0n) is 39.0. The molecule has 8 N–H and O–H groups in total. The molecule has 1 aliphatic rings. The number of carbonyl (C=O) groups excluding carboxylic acids is 6. The second-order valence-electron chi connectivity index (χ2n) is 17.5. The van der Waals surface area contributed by atoms with Crippen LogP contribution < -0.4 is 21.3 Å². The first-order chi connectivity index (χ1) is 30.9. The number of aliphatic carboxylic acids is 1. The fourth-order valence-electron chi connectivity index (χ4n) is 7.87. The molecule has 5 atom stereocenters. The molecule has 0 saturated heterocycles. The summed E-state index contributed by atoms with van der Waals surface area (Å²) in [6.45, 7) is 5.55. The van der Waals surface area contributed by atoms with Gasteiger partial charge in [-0.15, -0.1) is 0 Å². The molecule has 0 aliphatic carbocycles. The topological polar surface area (TPSA) is 255 Å². The van der Waals surface area contributed by atoms with Gasteiger partial charge >= 0.3 is 5.97 Å². The summed E-state index contributed by atoms with van der Waals surface area (Å²) >= 11 is 0. The number of aliphatic hydroxyl groups is 1. The Hall–Kier alpha value is -5.71. The van der Waals surface area contributed by atoms with Crippen molar-refractivity contribution >= 4 is 41.4 Å². The van der Waals surface area contributed by atoms with Crippen molar-refractivity contribution in [2.24, 2.45) is 5.92 Å². The number of phenolic OH excluding ortho intramolecular Hbond substituents is 2. The molecular formula is C48H72N6O11. The molecule has 0 fully saturated rings. The molecule has 360 valence electrons. The van der Waals surface area contributed by atoms with Crippen LogP contribution in [-0.2, 0) is 40.0 Å². The van der Waals surface area contributed by atoms with Gasteiger partial charge in [-0.05, 0) is 54.7 Å². The van der Waals surface area contributed by atoms with E-state index >= 15 is 0 Å². The number of nitrogens with one attached hydrogen (secondary N) is 4. The molecule has 2 aromatic carbocycles. The largest absolute Gasteiger partial charge is 0.507 e. The lowest BCUT2D eigenvalue weighted by Crippen LogP contribution is -2.56. The molecule has 0 aromatic heterocycles. The Balaban J connectivity index is 1.65. The molecule has 0 saturated carbocycles. The molecule has 1 aliphatic heterocycles. The summed E-state index contributed by atoms with van der Waals surface area (Å²) in [5.41, 5.74) is 0.740. The number of aliphatic hydroxyl groups excluding tert-OH is 1. The quantitative estimate of drug-likeness (QED) is 0.0683. The van der Waals surface area contributed by atoms with Gasteiger partial charge in [0, 0.05) is 38.1 Å². The van der Waals surface area contributed by atoms with Gasteiger partial charge in [0.05, 0.1) is 13.2 Å². The highest BCUT2D eigenvalue weighted by Crippen LogP contribution is 2.39. The minimum Gasteiger partial charge on any atom is -0.507 e. The molecule has 0 unspecified atom stereocenters. The molecule has 0 radical (unpaired) electrons. The number of carboxylic acid groups (broad SMARTS) is 1. The van der Waals surface area contributed by atoms with Crippen LogP contribution in [0.4, 0.5) is 0 Å². The maximum atomic E-state index is 14.2. The van der Waals surface area contributed by atoms with Gasteiger partial charge in [-0.3, -0.25) is 28.8 Å². The van der Waals surface area contributed by atoms with Gasteiger partial charge in [0.25, 0.3) is 0 Å². The van der Waals surface area contributed by atoms with Gasteiger partial charge in [0.2, 0.25) is 35.4 Å². The van der Waals surface area contributed by atoms with Crippen LogP contribution in [0.2, 0.25) is 0 Å². The molecule has 17 nitrogen and oxygen atoms in total. The van der Waals surface area contributed by atoms with Crippen LogP contribution in [0.1, 0.15) is 135 Å². The normalized spacial score (nSPS) is 17.2. The van der Waals surface area contributed by atoms with Gasteiger partial charge in [0.1, 0.15) is 41.7 Å². The number of carboxylic acids is 1. The third-order valence-corrected chi connectivity index (χ3v) is 12.0. The second kappa shape index (κ2) is 26.9. The zero-order chi connectivity index (χ0) is 48.2. The Kier molecular flexibility index (Phi) is 22.2. The maximum Gasteiger partial charge on any atom is 0.326 e. The van der Waals surface area contributed by atoms with Crippen molar-refractivity contribution in [1.29, 1.82) is 0 Å². The van der Waals surface area contributed by atoms with E-state index in [2.05, 4.69) is 28.2 Å². The summed E-state index contributed by atoms with van der Waals surface area (Å²) in [6.07, 6.45) is 15.1. The van der Waals surface area contributed by atoms with Crippen molar-refractivity contribution in [3.63, 3.8) is 0 Å². The monoisotopic (exact) mass is 909 g/mol. The summed E-state index contributed by atoms with van der Waals surface area (Å²) in [5, 5.41) is 51.8. The highest BCUT2D eigenvalue weighted by Gasteiger charge is 2.36. The molecule has 2 aromatic rings. The summed E-state index contributed by atoms with van der Waals surface area (Å²) in [6, 6.07) is 1.69. The highest BCUT2D eigenvalue weighted by molar-refractivity contribution is 5.96. The molecule has 1 heterocycles. The average Bonchev–Trinajstić information content (AvgIpc) is 3.26. The molecule has 4 bridgehead atoms. The molecule has 3 rings (SSSR count). The van der Waals surface area contributed by atoms with Crippen LogP contribution in [0.25, 0.3) is 11.1 Å². The van der Waals surface area contributed by atoms with Crippen molar-refractivity contribution in [3.8, 4) is 22.6 Å². The van der Waals surface area contributed by atoms with E-state index < -0.39 is 84.8 Å². The SMILES string of the molecule is CCCCCCCCCCCCCCCC(=O)N(C)[C@H](CO)C(=O)N[C@H](C)C(=O)NCC(=O)N(C)[C@@H]1C(=O)N[C@@H](C(C)C)C(=O)N[C@H](C(=O)O)Cc2ccc(O)c(c2)-c2cc1ccc2O. The number of nitrogens with zero attached hydrogens (tertiary/aromatic N) is 2. The number of carbonyl (C=O) groups is 7. The second-order valence-corrected chi connectivity index (χ2v) is 17.5. The fraction of sp³-hybridized carbons (Fsp3) is 0.604. The van der Waals surface area contributed by atoms with Gasteiger partial charge in [-0.2, -0.15) is 0 Å². The minimum absolute atomic E-state index is 0.0693. The zero-order valence-corrected chi connectivity index (χ0v) is 39.0. The Labute approximate surface area is 383 Å². The fourth-order valence-corrected chi connectivity index (χ4v) is 7.87. The van der Waals surface area contributed by atoms with Crippen molar-refractivity contribution < 1.29 is 54.0 Å². The predicted molar refractivity (Wildman–Crippen MR) is 245 cm³/mol. The van der Waals surface area contributed by atoms with E-state index in [9.17, 15) is 54.0 Å². The van der Waals surface area contributed by atoms with Crippen LogP contribution in [-0.4, -0.2) is 123 Å². The van der Waals surface area contributed by atoms with Crippen molar-refractivity contribution in [3.05, 3.63) is 47.5 Å². The van der Waals surface area contributed by atoms with E-state index in [-0.39, 0.29) is 46.9 Å². The Bertz CT molecular complexity index is 1940. The number of aromatic hydroxyl groups is 2. The van der Waals surface area contributed by atoms with Crippen molar-refractivity contribution in [1.82, 2.24) is 31.1 Å². The average molecular weight is 909 g/mol. The molecule has 65 heavy (non-hydrogen) atoms. The first-order valence-corrected chi connectivity index (χ1v) is 23.1. The van der Waals surface area contributed by atoms with E-state index in [1.54, 1.807) is 13.8 Å². The van der Waals surface area contributed by atoms with Gasteiger partial charge in [-0.25, -0.2) is 4.79 Å². The number of benzene rings is 2. The predicted octanol–water partition coefficient (Wildman–Crippen LogP) is 4.45. The smallest absolute Gasteiger partial charge is 0.326 e. The van der Waals surface area contributed by atoms with Crippen LogP contribution in [0, 0.1) is 5.92 Å². The number of rotatable bonds is 24. The number of amides is 6. The summed E-state index contributed by atoms with van der Waals surface area (Å²) in [7, 11) is 2.71. The van der Waals surface area contributed by atoms with Crippen LogP contribution in [0.3, 0.4) is 0 Å². The van der Waals surface area contributed by atoms with E-state index in [1.165, 1.54) is 120 Å². The highest BCUT2D eigenvalue weighted by atomic mass is 16.4. The molecule has 17 heteroatoms. The Morgan fingerprint density at radius 3 is 1.85 bits per heavy atom. The first-order valence-electron chi connectivity index (χ1n) is 23.1. The molecular weight excluding hydrogens is 837 g/mol. The first kappa shape index (κ1) is 53.6. The number of unbranched alkanes of at least 4 members (excludes halogenated alkanes) is 12. The third kappa shape index (κ3) is 16.3. The van der Waals surface area contributed by atoms with Crippen LogP contribution in [0.5, 0.6) is 11.5 Å². The lowest BCUT2D eigenvalue weighted by molar-refractivity contribution is -0.143. The number of fused-ring (bicyclic) bond motifs is 5. The van der Waals surface area contributed by atoms with Gasteiger partial charge < -0.3 is 51.5 Å². The molecule has 6 amide bonds. The summed E-state index contributed by atoms with van der Waals surface area (Å²) in [5.74, 6) is -6.71. The number of hydrogen-bond acceptors (Lipinski definition) is 10. The minimum atomic E-state index is -1.48. The maximum absolute atomic E-state index is 14.2. The third-order valence-electron chi connectivity index (χ3n) is 12.0. The number of likely N-dealkylation sites (N-methyl/N-ethyl adjacent to an activating group) is 2. The van der Waals surface area contributed by atoms with Crippen molar-refractivity contribution in [2.75, 3.05) is 27.2 Å². The van der Waals surface area contributed by atoms with E-state index in [0.717, 1.165) is 24.2 Å². The molecule has 0 spiro atoms. The Morgan fingerprint density at radius 2 is 1.29 bits per heavy atom.